The minimum Gasteiger partial charge on any atom is -0.340 e. The summed E-state index contributed by atoms with van der Waals surface area (Å²) < 4.78 is 28.1. The van der Waals surface area contributed by atoms with Crippen molar-refractivity contribution in [2.75, 3.05) is 17.4 Å². The van der Waals surface area contributed by atoms with Crippen molar-refractivity contribution in [1.82, 2.24) is 4.90 Å². The molecule has 0 aromatic heterocycles. The van der Waals surface area contributed by atoms with Gasteiger partial charge in [-0.1, -0.05) is 35.4 Å². The van der Waals surface area contributed by atoms with Crippen molar-refractivity contribution in [1.29, 1.82) is 0 Å². The van der Waals surface area contributed by atoms with Crippen LogP contribution in [0.15, 0.2) is 53.4 Å². The lowest BCUT2D eigenvalue weighted by Gasteiger charge is -2.34. The Labute approximate surface area is 174 Å². The number of amides is 1. The van der Waals surface area contributed by atoms with Gasteiger partial charge < -0.3 is 4.90 Å². The van der Waals surface area contributed by atoms with Crippen LogP contribution in [0.4, 0.5) is 5.69 Å². The number of benzene rings is 2. The Balaban J connectivity index is 1.86. The summed E-state index contributed by atoms with van der Waals surface area (Å²) in [7, 11) is -3.76. The first-order valence-corrected chi connectivity index (χ1v) is 11.7. The lowest BCUT2D eigenvalue weighted by molar-refractivity contribution is -0.134. The summed E-state index contributed by atoms with van der Waals surface area (Å²) in [4.78, 5) is 14.9. The second-order valence-electron chi connectivity index (χ2n) is 7.91. The highest BCUT2D eigenvalue weighted by Gasteiger charge is 2.28. The summed E-state index contributed by atoms with van der Waals surface area (Å²) in [5, 5.41) is 0. The smallest absolute Gasteiger partial charge is 0.264 e. The number of aryl methyl sites for hydroxylation is 2. The molecule has 2 aromatic rings. The number of hydrogen-bond acceptors (Lipinski definition) is 3. The quantitative estimate of drug-likeness (QED) is 0.708. The normalized spacial score (nSPS) is 17.2. The van der Waals surface area contributed by atoms with E-state index in [9.17, 15) is 13.2 Å². The van der Waals surface area contributed by atoms with E-state index in [2.05, 4.69) is 6.92 Å². The molecule has 1 aliphatic rings. The van der Waals surface area contributed by atoms with Gasteiger partial charge >= 0.3 is 0 Å². The third-order valence-corrected chi connectivity index (χ3v) is 7.42. The largest absolute Gasteiger partial charge is 0.340 e. The molecule has 0 radical (unpaired) electrons. The zero-order valence-electron chi connectivity index (χ0n) is 17.5. The number of anilines is 1. The van der Waals surface area contributed by atoms with E-state index in [1.165, 1.54) is 4.31 Å². The van der Waals surface area contributed by atoms with Crippen molar-refractivity contribution in [2.45, 2.75) is 57.4 Å². The maximum absolute atomic E-state index is 13.4. The summed E-state index contributed by atoms with van der Waals surface area (Å²) >= 11 is 0. The number of carbonyl (C=O) groups is 1. The van der Waals surface area contributed by atoms with Crippen LogP contribution in [0, 0.1) is 13.8 Å². The standard InChI is InChI=1S/C23H30N2O3S/c1-18-7-11-21(12-8-18)25(29(27,28)22-13-9-19(2)10-14-22)17-15-23(26)24-16-5-4-6-20(24)3/h7-14,20H,4-6,15-17H2,1-3H3. The molecule has 0 saturated carbocycles. The van der Waals surface area contributed by atoms with Gasteiger partial charge in [0.15, 0.2) is 0 Å². The maximum Gasteiger partial charge on any atom is 0.264 e. The number of likely N-dealkylation sites (tertiary alicyclic amines) is 1. The van der Waals surface area contributed by atoms with Crippen LogP contribution in [-0.4, -0.2) is 38.4 Å². The molecule has 1 aliphatic heterocycles. The number of nitrogens with zero attached hydrogens (tertiary/aromatic N) is 2. The molecule has 2 aromatic carbocycles. The average molecular weight is 415 g/mol. The Morgan fingerprint density at radius 1 is 1.00 bits per heavy atom. The molecule has 3 rings (SSSR count). The van der Waals surface area contributed by atoms with E-state index in [-0.39, 0.29) is 29.8 Å². The lowest BCUT2D eigenvalue weighted by atomic mass is 10.0. The minimum absolute atomic E-state index is 0.0217. The van der Waals surface area contributed by atoms with Crippen LogP contribution in [0.2, 0.25) is 0 Å². The molecule has 0 bridgehead atoms. The van der Waals surface area contributed by atoms with E-state index in [0.717, 1.165) is 36.9 Å². The Hall–Kier alpha value is -2.34. The zero-order valence-corrected chi connectivity index (χ0v) is 18.3. The van der Waals surface area contributed by atoms with Gasteiger partial charge in [-0.3, -0.25) is 9.10 Å². The summed E-state index contributed by atoms with van der Waals surface area (Å²) in [5.74, 6) is 0.0217. The summed E-state index contributed by atoms with van der Waals surface area (Å²) in [6, 6.07) is 14.4. The fourth-order valence-electron chi connectivity index (χ4n) is 3.75. The molecule has 156 valence electrons. The van der Waals surface area contributed by atoms with E-state index >= 15 is 0 Å². The van der Waals surface area contributed by atoms with E-state index in [1.54, 1.807) is 36.4 Å². The van der Waals surface area contributed by atoms with Gasteiger partial charge in [0, 0.05) is 25.6 Å². The molecule has 5 nitrogen and oxygen atoms in total. The van der Waals surface area contributed by atoms with E-state index in [0.29, 0.717) is 5.69 Å². The van der Waals surface area contributed by atoms with Crippen molar-refractivity contribution in [3.05, 3.63) is 59.7 Å². The lowest BCUT2D eigenvalue weighted by Crippen LogP contribution is -2.43. The van der Waals surface area contributed by atoms with Crippen LogP contribution >= 0.6 is 0 Å². The Bertz CT molecular complexity index is 937. The molecule has 0 N–H and O–H groups in total. The van der Waals surface area contributed by atoms with Crippen LogP contribution in [0.5, 0.6) is 0 Å². The minimum atomic E-state index is -3.76. The van der Waals surface area contributed by atoms with Crippen molar-refractivity contribution in [3.63, 3.8) is 0 Å². The van der Waals surface area contributed by atoms with Crippen LogP contribution < -0.4 is 4.31 Å². The van der Waals surface area contributed by atoms with Crippen molar-refractivity contribution in [2.24, 2.45) is 0 Å². The van der Waals surface area contributed by atoms with Crippen molar-refractivity contribution < 1.29 is 13.2 Å². The van der Waals surface area contributed by atoms with Crippen LogP contribution in [-0.2, 0) is 14.8 Å². The molecule has 0 aliphatic carbocycles. The fourth-order valence-corrected chi connectivity index (χ4v) is 5.21. The predicted octanol–water partition coefficient (Wildman–Crippen LogP) is 4.29. The number of carbonyl (C=O) groups excluding carboxylic acids is 1. The first-order chi connectivity index (χ1) is 13.8. The monoisotopic (exact) mass is 414 g/mol. The third kappa shape index (κ3) is 4.99. The van der Waals surface area contributed by atoms with Gasteiger partial charge in [-0.05, 0) is 64.3 Å². The molecular weight excluding hydrogens is 384 g/mol. The van der Waals surface area contributed by atoms with E-state index in [1.807, 2.05) is 30.9 Å². The van der Waals surface area contributed by atoms with E-state index < -0.39 is 10.0 Å². The molecule has 0 spiro atoms. The molecule has 1 saturated heterocycles. The van der Waals surface area contributed by atoms with Gasteiger partial charge in [0.05, 0.1) is 10.6 Å². The van der Waals surface area contributed by atoms with Crippen LogP contribution in [0.25, 0.3) is 0 Å². The molecule has 29 heavy (non-hydrogen) atoms. The molecular formula is C23H30N2O3S. The summed E-state index contributed by atoms with van der Waals surface area (Å²) in [6.45, 7) is 6.84. The van der Waals surface area contributed by atoms with E-state index in [4.69, 9.17) is 0 Å². The highest BCUT2D eigenvalue weighted by molar-refractivity contribution is 7.92. The van der Waals surface area contributed by atoms with Gasteiger partial charge in [0.2, 0.25) is 5.91 Å². The second kappa shape index (κ2) is 8.99. The van der Waals surface area contributed by atoms with Gasteiger partial charge in [0.25, 0.3) is 10.0 Å². The number of rotatable bonds is 6. The Morgan fingerprint density at radius 2 is 1.59 bits per heavy atom. The number of sulfonamides is 1. The molecule has 1 unspecified atom stereocenters. The summed E-state index contributed by atoms with van der Waals surface area (Å²) in [5.41, 5.74) is 2.63. The Kier molecular flexibility index (Phi) is 6.63. The predicted molar refractivity (Wildman–Crippen MR) is 117 cm³/mol. The SMILES string of the molecule is Cc1ccc(N(CCC(=O)N2CCCCC2C)S(=O)(=O)c2ccc(C)cc2)cc1. The number of piperidine rings is 1. The topological polar surface area (TPSA) is 57.7 Å². The van der Waals surface area contributed by atoms with Gasteiger partial charge in [-0.15, -0.1) is 0 Å². The Morgan fingerprint density at radius 3 is 2.17 bits per heavy atom. The number of hydrogen-bond donors (Lipinski definition) is 0. The third-order valence-electron chi connectivity index (χ3n) is 5.58. The molecule has 1 amide bonds. The highest BCUT2D eigenvalue weighted by Crippen LogP contribution is 2.25. The highest BCUT2D eigenvalue weighted by atomic mass is 32.2. The van der Waals surface area contributed by atoms with Gasteiger partial charge in [-0.25, -0.2) is 8.42 Å². The molecule has 1 atom stereocenters. The average Bonchev–Trinajstić information content (AvgIpc) is 2.70. The first kappa shape index (κ1) is 21.4. The van der Waals surface area contributed by atoms with Crippen LogP contribution in [0.3, 0.4) is 0 Å². The first-order valence-electron chi connectivity index (χ1n) is 10.2. The molecule has 1 heterocycles. The molecule has 6 heteroatoms. The summed E-state index contributed by atoms with van der Waals surface area (Å²) in [6.07, 6.45) is 3.33. The molecule has 1 fully saturated rings. The van der Waals surface area contributed by atoms with Crippen molar-refractivity contribution in [3.8, 4) is 0 Å². The second-order valence-corrected chi connectivity index (χ2v) is 9.77. The maximum atomic E-state index is 13.4. The van der Waals surface area contributed by atoms with Crippen LogP contribution in [0.1, 0.15) is 43.7 Å². The van der Waals surface area contributed by atoms with Crippen molar-refractivity contribution >= 4 is 21.6 Å². The zero-order chi connectivity index (χ0) is 21.0. The van der Waals surface area contributed by atoms with Gasteiger partial charge in [0.1, 0.15) is 0 Å². The van der Waals surface area contributed by atoms with Gasteiger partial charge in [-0.2, -0.15) is 0 Å². The fraction of sp³-hybridized carbons (Fsp3) is 0.435.